The van der Waals surface area contributed by atoms with Gasteiger partial charge in [0.15, 0.2) is 5.69 Å². The summed E-state index contributed by atoms with van der Waals surface area (Å²) in [7, 11) is 0. The summed E-state index contributed by atoms with van der Waals surface area (Å²) in [4.78, 5) is 27.8. The summed E-state index contributed by atoms with van der Waals surface area (Å²) >= 11 is 3.48. The van der Waals surface area contributed by atoms with Crippen LogP contribution in [0, 0.1) is 10.1 Å². The Morgan fingerprint density at radius 1 is 1.03 bits per heavy atom. The van der Waals surface area contributed by atoms with E-state index in [2.05, 4.69) is 31.3 Å². The number of amides is 1. The summed E-state index contributed by atoms with van der Waals surface area (Å²) in [5, 5.41) is 18.0. The molecule has 1 aromatic heterocycles. The third kappa shape index (κ3) is 4.79. The quantitative estimate of drug-likeness (QED) is 0.218. The fraction of sp³-hybridized carbons (Fsp3) is 0. The first kappa shape index (κ1) is 21.1. The van der Waals surface area contributed by atoms with Crippen molar-refractivity contribution in [3.8, 4) is 5.69 Å². The first-order chi connectivity index (χ1) is 15.5. The van der Waals surface area contributed by atoms with E-state index in [1.807, 2.05) is 54.6 Å². The van der Waals surface area contributed by atoms with Gasteiger partial charge < -0.3 is 5.32 Å². The van der Waals surface area contributed by atoms with Crippen LogP contribution >= 0.6 is 15.9 Å². The van der Waals surface area contributed by atoms with Crippen LogP contribution in [0.3, 0.4) is 0 Å². The summed E-state index contributed by atoms with van der Waals surface area (Å²) in [5.41, 5.74) is 2.48. The monoisotopic (exact) mass is 489 g/mol. The summed E-state index contributed by atoms with van der Waals surface area (Å²) in [5.74, 6) is -0.479. The molecule has 0 spiro atoms. The highest BCUT2D eigenvalue weighted by molar-refractivity contribution is 9.10. The molecule has 0 unspecified atom stereocenters. The van der Waals surface area contributed by atoms with Gasteiger partial charge in [-0.2, -0.15) is 5.10 Å². The van der Waals surface area contributed by atoms with Gasteiger partial charge >= 0.3 is 0 Å². The number of aliphatic imine (C=N–C) groups is 1. The van der Waals surface area contributed by atoms with Gasteiger partial charge in [0, 0.05) is 34.1 Å². The Hall–Kier alpha value is -4.11. The average Bonchev–Trinajstić information content (AvgIpc) is 3.24. The normalized spacial score (nSPS) is 10.9. The Balaban J connectivity index is 1.67. The number of hydrogen-bond donors (Lipinski definition) is 1. The number of anilines is 1. The largest absolute Gasteiger partial charge is 0.321 e. The van der Waals surface area contributed by atoms with Crippen molar-refractivity contribution >= 4 is 45.1 Å². The number of nitrogens with one attached hydrogen (secondary N) is 1. The molecule has 158 valence electrons. The maximum Gasteiger partial charge on any atom is 0.278 e. The lowest BCUT2D eigenvalue weighted by atomic mass is 10.2. The van der Waals surface area contributed by atoms with Crippen LogP contribution in [0.4, 0.5) is 17.1 Å². The molecule has 3 aromatic carbocycles. The number of aromatic nitrogens is 2. The minimum absolute atomic E-state index is 0.0601. The number of carbonyl (C=O) groups is 1. The van der Waals surface area contributed by atoms with Crippen LogP contribution in [0.15, 0.2) is 94.5 Å². The van der Waals surface area contributed by atoms with Crippen molar-refractivity contribution in [1.29, 1.82) is 0 Å². The molecule has 9 heteroatoms. The van der Waals surface area contributed by atoms with Gasteiger partial charge in [-0.05, 0) is 30.3 Å². The third-order valence-electron chi connectivity index (χ3n) is 4.51. The van der Waals surface area contributed by atoms with Gasteiger partial charge in [-0.1, -0.05) is 52.3 Å². The van der Waals surface area contributed by atoms with Crippen molar-refractivity contribution in [3.05, 3.63) is 111 Å². The molecule has 0 aliphatic heterocycles. The lowest BCUT2D eigenvalue weighted by Gasteiger charge is -2.04. The first-order valence-electron chi connectivity index (χ1n) is 9.51. The zero-order valence-electron chi connectivity index (χ0n) is 16.6. The van der Waals surface area contributed by atoms with Crippen molar-refractivity contribution in [2.24, 2.45) is 4.99 Å². The third-order valence-corrected chi connectivity index (χ3v) is 5.24. The summed E-state index contributed by atoms with van der Waals surface area (Å²) < 4.78 is 2.45. The molecular weight excluding hydrogens is 474 g/mol. The Labute approximate surface area is 191 Å². The number of halogens is 1. The molecule has 1 amide bonds. The van der Waals surface area contributed by atoms with E-state index in [0.29, 0.717) is 11.4 Å². The SMILES string of the molecule is O=C(Nc1ccc([N+](=O)[O-])cc1)c1nn(-c2ccccc2)cc1N=Cc1ccccc1Br. The number of nitro groups is 1. The van der Waals surface area contributed by atoms with Gasteiger partial charge in [0.25, 0.3) is 11.6 Å². The van der Waals surface area contributed by atoms with Crippen LogP contribution in [0.2, 0.25) is 0 Å². The average molecular weight is 490 g/mol. The van der Waals surface area contributed by atoms with E-state index in [-0.39, 0.29) is 11.4 Å². The molecule has 0 saturated heterocycles. The first-order valence-corrected chi connectivity index (χ1v) is 10.3. The molecule has 0 fully saturated rings. The summed E-state index contributed by atoms with van der Waals surface area (Å²) in [6, 6.07) is 22.5. The molecule has 1 N–H and O–H groups in total. The number of non-ortho nitro benzene ring substituents is 1. The van der Waals surface area contributed by atoms with Gasteiger partial charge in [-0.15, -0.1) is 0 Å². The van der Waals surface area contributed by atoms with Crippen LogP contribution in [0.5, 0.6) is 0 Å². The van der Waals surface area contributed by atoms with Crippen LogP contribution < -0.4 is 5.32 Å². The van der Waals surface area contributed by atoms with Crippen molar-refractivity contribution in [2.75, 3.05) is 5.32 Å². The highest BCUT2D eigenvalue weighted by Crippen LogP contribution is 2.24. The predicted octanol–water partition coefficient (Wildman–Crippen LogP) is 5.55. The predicted molar refractivity (Wildman–Crippen MR) is 126 cm³/mol. The van der Waals surface area contributed by atoms with E-state index < -0.39 is 10.8 Å². The number of benzene rings is 3. The zero-order chi connectivity index (χ0) is 22.5. The second kappa shape index (κ2) is 9.36. The molecule has 4 aromatic rings. The van der Waals surface area contributed by atoms with Crippen molar-refractivity contribution in [3.63, 3.8) is 0 Å². The van der Waals surface area contributed by atoms with Crippen LogP contribution in [0.25, 0.3) is 5.69 Å². The van der Waals surface area contributed by atoms with E-state index in [1.165, 1.54) is 24.3 Å². The van der Waals surface area contributed by atoms with E-state index in [1.54, 1.807) is 17.1 Å². The fourth-order valence-corrected chi connectivity index (χ4v) is 3.30. The molecule has 0 saturated carbocycles. The number of nitrogens with zero attached hydrogens (tertiary/aromatic N) is 4. The second-order valence-electron chi connectivity index (χ2n) is 6.68. The minimum atomic E-state index is -0.498. The maximum atomic E-state index is 13.0. The lowest BCUT2D eigenvalue weighted by molar-refractivity contribution is -0.384. The van der Waals surface area contributed by atoms with Gasteiger partial charge in [0.1, 0.15) is 5.69 Å². The van der Waals surface area contributed by atoms with Crippen LogP contribution in [-0.4, -0.2) is 26.8 Å². The molecule has 0 radical (unpaired) electrons. The van der Waals surface area contributed by atoms with E-state index in [4.69, 9.17) is 0 Å². The molecular formula is C23H16BrN5O3. The zero-order valence-corrected chi connectivity index (χ0v) is 18.1. The topological polar surface area (TPSA) is 102 Å². The van der Waals surface area contributed by atoms with Gasteiger partial charge in [-0.3, -0.25) is 19.9 Å². The van der Waals surface area contributed by atoms with Gasteiger partial charge in [0.05, 0.1) is 16.8 Å². The second-order valence-corrected chi connectivity index (χ2v) is 7.54. The number of rotatable bonds is 6. The Bertz CT molecular complexity index is 1300. The number of nitro benzene ring substituents is 1. The standard InChI is InChI=1S/C23H16BrN5O3/c24-20-9-5-4-6-16(20)14-25-21-15-28(18-7-2-1-3-8-18)27-22(21)23(30)26-17-10-12-19(13-11-17)29(31)32/h1-15H,(H,26,30). The minimum Gasteiger partial charge on any atom is -0.321 e. The number of para-hydroxylation sites is 1. The Morgan fingerprint density at radius 2 is 1.72 bits per heavy atom. The van der Waals surface area contributed by atoms with Gasteiger partial charge in [0.2, 0.25) is 0 Å². The summed E-state index contributed by atoms with van der Waals surface area (Å²) in [6.07, 6.45) is 3.33. The smallest absolute Gasteiger partial charge is 0.278 e. The van der Waals surface area contributed by atoms with E-state index >= 15 is 0 Å². The molecule has 0 atom stereocenters. The van der Waals surface area contributed by atoms with E-state index in [9.17, 15) is 14.9 Å². The van der Waals surface area contributed by atoms with E-state index in [0.717, 1.165) is 15.7 Å². The number of hydrogen-bond acceptors (Lipinski definition) is 5. The van der Waals surface area contributed by atoms with Crippen molar-refractivity contribution in [2.45, 2.75) is 0 Å². The van der Waals surface area contributed by atoms with Crippen LogP contribution in [-0.2, 0) is 0 Å². The molecule has 0 bridgehead atoms. The number of carbonyl (C=O) groups excluding carboxylic acids is 1. The maximum absolute atomic E-state index is 13.0. The Morgan fingerprint density at radius 3 is 2.41 bits per heavy atom. The molecule has 8 nitrogen and oxygen atoms in total. The van der Waals surface area contributed by atoms with Crippen molar-refractivity contribution in [1.82, 2.24) is 9.78 Å². The molecule has 4 rings (SSSR count). The van der Waals surface area contributed by atoms with Crippen molar-refractivity contribution < 1.29 is 9.72 Å². The Kier molecular flexibility index (Phi) is 6.18. The lowest BCUT2D eigenvalue weighted by Crippen LogP contribution is -2.13. The highest BCUT2D eigenvalue weighted by Gasteiger charge is 2.18. The highest BCUT2D eigenvalue weighted by atomic mass is 79.9. The van der Waals surface area contributed by atoms with Gasteiger partial charge in [-0.25, -0.2) is 4.68 Å². The molecule has 1 heterocycles. The molecule has 0 aliphatic carbocycles. The summed E-state index contributed by atoms with van der Waals surface area (Å²) in [6.45, 7) is 0. The van der Waals surface area contributed by atoms with Crippen LogP contribution in [0.1, 0.15) is 16.1 Å². The molecule has 0 aliphatic rings. The fourth-order valence-electron chi connectivity index (χ4n) is 2.91. The molecule has 32 heavy (non-hydrogen) atoms.